The van der Waals surface area contributed by atoms with Crippen molar-refractivity contribution in [1.82, 2.24) is 25.3 Å². The van der Waals surface area contributed by atoms with Crippen molar-refractivity contribution >= 4 is 11.8 Å². The number of amides is 2. The van der Waals surface area contributed by atoms with E-state index in [0.717, 1.165) is 13.0 Å². The highest BCUT2D eigenvalue weighted by Gasteiger charge is 2.21. The van der Waals surface area contributed by atoms with Crippen LogP contribution in [0.3, 0.4) is 0 Å². The van der Waals surface area contributed by atoms with E-state index in [2.05, 4.69) is 20.4 Å². The average molecular weight is 311 g/mol. The zero-order valence-electron chi connectivity index (χ0n) is 12.9. The molecule has 0 unspecified atom stereocenters. The lowest BCUT2D eigenvalue weighted by Crippen LogP contribution is -2.37. The van der Waals surface area contributed by atoms with Crippen molar-refractivity contribution in [2.24, 2.45) is 0 Å². The van der Waals surface area contributed by atoms with Crippen LogP contribution in [-0.2, 0) is 16.1 Å². The fraction of sp³-hybridized carbons (Fsp3) is 0.692. The number of methoxy groups -OCH3 is 1. The molecule has 9 heteroatoms. The van der Waals surface area contributed by atoms with Gasteiger partial charge in [-0.3, -0.25) is 14.5 Å². The second kappa shape index (κ2) is 7.85. The second-order valence-corrected chi connectivity index (χ2v) is 5.03. The molecule has 122 valence electrons. The summed E-state index contributed by atoms with van der Waals surface area (Å²) < 4.78 is 9.96. The molecule has 1 aromatic heterocycles. The van der Waals surface area contributed by atoms with E-state index in [-0.39, 0.29) is 24.2 Å². The Balaban J connectivity index is 1.87. The van der Waals surface area contributed by atoms with Gasteiger partial charge in [0.2, 0.25) is 11.8 Å². The maximum Gasteiger partial charge on any atom is 0.292 e. The van der Waals surface area contributed by atoms with Gasteiger partial charge in [-0.2, -0.15) is 4.98 Å². The van der Waals surface area contributed by atoms with Gasteiger partial charge in [0.1, 0.15) is 6.61 Å². The van der Waals surface area contributed by atoms with Gasteiger partial charge in [-0.15, -0.1) is 0 Å². The first kappa shape index (κ1) is 16.4. The van der Waals surface area contributed by atoms with Crippen LogP contribution in [0.4, 0.5) is 0 Å². The Kier molecular flexibility index (Phi) is 5.84. The molecule has 22 heavy (non-hydrogen) atoms. The zero-order chi connectivity index (χ0) is 15.9. The van der Waals surface area contributed by atoms with Gasteiger partial charge in [0, 0.05) is 40.3 Å². The molecular weight excluding hydrogens is 290 g/mol. The fourth-order valence-electron chi connectivity index (χ4n) is 2.31. The normalized spacial score (nSPS) is 16.4. The van der Waals surface area contributed by atoms with E-state index in [1.54, 1.807) is 4.90 Å². The smallest absolute Gasteiger partial charge is 0.292 e. The van der Waals surface area contributed by atoms with Crippen LogP contribution in [0.15, 0.2) is 4.52 Å². The van der Waals surface area contributed by atoms with Crippen molar-refractivity contribution in [3.05, 3.63) is 11.7 Å². The second-order valence-electron chi connectivity index (χ2n) is 5.03. The third-order valence-corrected chi connectivity index (χ3v) is 3.47. The number of hydrogen-bond donors (Lipinski definition) is 1. The van der Waals surface area contributed by atoms with Crippen LogP contribution in [-0.4, -0.2) is 78.7 Å². The Bertz CT molecular complexity index is 518. The lowest BCUT2D eigenvalue weighted by molar-refractivity contribution is -0.135. The summed E-state index contributed by atoms with van der Waals surface area (Å²) in [7, 11) is 3.03. The van der Waals surface area contributed by atoms with Crippen LogP contribution < -0.4 is 5.32 Å². The summed E-state index contributed by atoms with van der Waals surface area (Å²) in [6.07, 6.45) is 0.867. The largest absolute Gasteiger partial charge is 0.375 e. The van der Waals surface area contributed by atoms with Crippen LogP contribution in [0.5, 0.6) is 0 Å². The van der Waals surface area contributed by atoms with Crippen molar-refractivity contribution in [2.45, 2.75) is 13.0 Å². The van der Waals surface area contributed by atoms with Gasteiger partial charge in [-0.05, 0) is 6.42 Å². The van der Waals surface area contributed by atoms with Crippen molar-refractivity contribution in [2.75, 3.05) is 46.9 Å². The molecule has 0 aromatic carbocycles. The van der Waals surface area contributed by atoms with Crippen molar-refractivity contribution in [3.63, 3.8) is 0 Å². The van der Waals surface area contributed by atoms with Crippen LogP contribution in [0.1, 0.15) is 22.9 Å². The molecule has 0 aliphatic carbocycles. The van der Waals surface area contributed by atoms with Crippen LogP contribution in [0.2, 0.25) is 0 Å². The molecule has 0 bridgehead atoms. The molecule has 1 aromatic rings. The fourth-order valence-corrected chi connectivity index (χ4v) is 2.31. The third kappa shape index (κ3) is 4.25. The highest BCUT2D eigenvalue weighted by atomic mass is 16.5. The number of hydrogen-bond acceptors (Lipinski definition) is 7. The van der Waals surface area contributed by atoms with Crippen LogP contribution in [0.25, 0.3) is 0 Å². The standard InChI is InChI=1S/C13H21N5O4/c1-14-13(20)12-15-10(22-16-12)8-17-4-3-5-18(7-6-17)11(19)9-21-2/h3-9H2,1-2H3,(H,14,20). The molecule has 1 fully saturated rings. The molecule has 0 saturated carbocycles. The molecule has 2 rings (SSSR count). The molecule has 1 aliphatic heterocycles. The summed E-state index contributed by atoms with van der Waals surface area (Å²) in [5.41, 5.74) is 0. The highest BCUT2D eigenvalue weighted by Crippen LogP contribution is 2.08. The van der Waals surface area contributed by atoms with Crippen molar-refractivity contribution in [1.29, 1.82) is 0 Å². The molecule has 2 amide bonds. The van der Waals surface area contributed by atoms with Crippen molar-refractivity contribution in [3.8, 4) is 0 Å². The number of nitrogens with zero attached hydrogens (tertiary/aromatic N) is 4. The maximum absolute atomic E-state index is 11.8. The summed E-state index contributed by atoms with van der Waals surface area (Å²) in [4.78, 5) is 31.2. The predicted octanol–water partition coefficient (Wildman–Crippen LogP) is -0.890. The van der Waals surface area contributed by atoms with Gasteiger partial charge >= 0.3 is 0 Å². The van der Waals surface area contributed by atoms with Gasteiger partial charge in [0.25, 0.3) is 11.7 Å². The minimum absolute atomic E-state index is 0.00374. The molecule has 0 radical (unpaired) electrons. The average Bonchev–Trinajstić information content (AvgIpc) is 2.85. The first-order valence-electron chi connectivity index (χ1n) is 7.17. The molecule has 9 nitrogen and oxygen atoms in total. The summed E-state index contributed by atoms with van der Waals surface area (Å²) in [5.74, 6) is 0.0609. The van der Waals surface area contributed by atoms with Gasteiger partial charge in [-0.25, -0.2) is 0 Å². The van der Waals surface area contributed by atoms with Crippen LogP contribution in [0, 0.1) is 0 Å². The maximum atomic E-state index is 11.8. The van der Waals surface area contributed by atoms with E-state index in [1.165, 1.54) is 14.2 Å². The molecule has 0 spiro atoms. The molecular formula is C13H21N5O4. The van der Waals surface area contributed by atoms with E-state index in [4.69, 9.17) is 9.26 Å². The molecule has 1 saturated heterocycles. The summed E-state index contributed by atoms with van der Waals surface area (Å²) in [5, 5.41) is 6.08. The monoisotopic (exact) mass is 311 g/mol. The van der Waals surface area contributed by atoms with Crippen LogP contribution >= 0.6 is 0 Å². The first-order chi connectivity index (χ1) is 10.6. The Labute approximate surface area is 128 Å². The summed E-state index contributed by atoms with van der Waals surface area (Å²) >= 11 is 0. The van der Waals surface area contributed by atoms with Crippen molar-refractivity contribution < 1.29 is 18.8 Å². The summed E-state index contributed by atoms with van der Waals surface area (Å²) in [6.45, 7) is 3.47. The molecule has 1 aliphatic rings. The van der Waals surface area contributed by atoms with E-state index in [1.807, 2.05) is 0 Å². The third-order valence-electron chi connectivity index (χ3n) is 3.47. The minimum atomic E-state index is -0.373. The lowest BCUT2D eigenvalue weighted by atomic mass is 10.3. The van der Waals surface area contributed by atoms with Gasteiger partial charge in [0.05, 0.1) is 6.54 Å². The highest BCUT2D eigenvalue weighted by molar-refractivity contribution is 5.89. The first-order valence-corrected chi connectivity index (χ1v) is 7.17. The minimum Gasteiger partial charge on any atom is -0.375 e. The Morgan fingerprint density at radius 2 is 2.14 bits per heavy atom. The molecule has 2 heterocycles. The van der Waals surface area contributed by atoms with E-state index in [0.29, 0.717) is 32.1 Å². The Hall–Kier alpha value is -2.00. The predicted molar refractivity (Wildman–Crippen MR) is 76.0 cm³/mol. The van der Waals surface area contributed by atoms with Gasteiger partial charge < -0.3 is 19.5 Å². The molecule has 1 N–H and O–H groups in total. The van der Waals surface area contributed by atoms with Gasteiger partial charge in [0.15, 0.2) is 0 Å². The number of nitrogens with one attached hydrogen (secondary N) is 1. The zero-order valence-corrected chi connectivity index (χ0v) is 12.9. The topological polar surface area (TPSA) is 101 Å². The Morgan fingerprint density at radius 1 is 1.32 bits per heavy atom. The van der Waals surface area contributed by atoms with Gasteiger partial charge in [-0.1, -0.05) is 5.16 Å². The number of rotatable bonds is 5. The van der Waals surface area contributed by atoms with E-state index in [9.17, 15) is 9.59 Å². The lowest BCUT2D eigenvalue weighted by Gasteiger charge is -2.20. The van der Waals surface area contributed by atoms with E-state index < -0.39 is 0 Å². The Morgan fingerprint density at radius 3 is 2.86 bits per heavy atom. The SMILES string of the molecule is CNC(=O)c1noc(CN2CCCN(C(=O)COC)CC2)n1. The molecule has 0 atom stereocenters. The number of ether oxygens (including phenoxy) is 1. The number of carbonyl (C=O) groups is 2. The quantitative estimate of drug-likeness (QED) is 0.752. The summed E-state index contributed by atoms with van der Waals surface area (Å²) in [6, 6.07) is 0. The number of carbonyl (C=O) groups excluding carboxylic acids is 2. The van der Waals surface area contributed by atoms with E-state index >= 15 is 0 Å². The number of aromatic nitrogens is 2.